The van der Waals surface area contributed by atoms with E-state index >= 15 is 0 Å². The Bertz CT molecular complexity index is 349. The highest BCUT2D eigenvalue weighted by molar-refractivity contribution is 5.20. The molecule has 0 spiro atoms. The van der Waals surface area contributed by atoms with Gasteiger partial charge >= 0.3 is 0 Å². The van der Waals surface area contributed by atoms with Gasteiger partial charge in [0.1, 0.15) is 0 Å². The maximum atomic E-state index is 3.83. The van der Waals surface area contributed by atoms with Crippen LogP contribution in [0.25, 0.3) is 0 Å². The van der Waals surface area contributed by atoms with Gasteiger partial charge < -0.3 is 10.6 Å². The predicted octanol–water partition coefficient (Wildman–Crippen LogP) is 2.66. The first-order valence-electron chi connectivity index (χ1n) is 7.43. The Morgan fingerprint density at radius 1 is 0.889 bits per heavy atom. The maximum absolute atomic E-state index is 3.83. The van der Waals surface area contributed by atoms with Gasteiger partial charge in [0.25, 0.3) is 0 Å². The van der Waals surface area contributed by atoms with Crippen molar-refractivity contribution in [1.29, 1.82) is 0 Å². The van der Waals surface area contributed by atoms with Crippen LogP contribution in [0.5, 0.6) is 0 Å². The van der Waals surface area contributed by atoms with Gasteiger partial charge in [-0.3, -0.25) is 0 Å². The Kier molecular flexibility index (Phi) is 3.96. The fourth-order valence-corrected chi connectivity index (χ4v) is 3.45. The quantitative estimate of drug-likeness (QED) is 0.854. The third-order valence-electron chi connectivity index (χ3n) is 4.53. The summed E-state index contributed by atoms with van der Waals surface area (Å²) < 4.78 is 0. The highest BCUT2D eigenvalue weighted by Gasteiger charge is 2.24. The highest BCUT2D eigenvalue weighted by Crippen LogP contribution is 2.32. The van der Waals surface area contributed by atoms with E-state index in [-0.39, 0.29) is 0 Å². The molecule has 1 saturated carbocycles. The number of nitrogens with one attached hydrogen (secondary N) is 2. The van der Waals surface area contributed by atoms with Gasteiger partial charge in [0.05, 0.1) is 0 Å². The molecule has 1 aliphatic carbocycles. The topological polar surface area (TPSA) is 24.1 Å². The standard InChI is InChI=1S/C16H24N2/c1-2-4-13(5-3-1)14-6-8-15(9-7-14)18-16-10-11-17-12-16/h1-5,14-18H,6-12H2. The summed E-state index contributed by atoms with van der Waals surface area (Å²) in [6.07, 6.45) is 6.69. The second-order valence-electron chi connectivity index (χ2n) is 5.82. The lowest BCUT2D eigenvalue weighted by atomic mass is 9.81. The molecule has 1 heterocycles. The van der Waals surface area contributed by atoms with Crippen LogP contribution >= 0.6 is 0 Å². The zero-order valence-electron chi connectivity index (χ0n) is 11.1. The van der Waals surface area contributed by atoms with Gasteiger partial charge in [-0.1, -0.05) is 30.3 Å². The number of hydrogen-bond donors (Lipinski definition) is 2. The van der Waals surface area contributed by atoms with Crippen LogP contribution in [0.3, 0.4) is 0 Å². The third-order valence-corrected chi connectivity index (χ3v) is 4.53. The molecule has 1 atom stereocenters. The second-order valence-corrected chi connectivity index (χ2v) is 5.82. The van der Waals surface area contributed by atoms with Crippen LogP contribution in [-0.4, -0.2) is 25.2 Å². The zero-order valence-corrected chi connectivity index (χ0v) is 11.1. The minimum atomic E-state index is 0.725. The number of benzene rings is 1. The molecule has 2 nitrogen and oxygen atoms in total. The molecule has 0 amide bonds. The van der Waals surface area contributed by atoms with Gasteiger partial charge in [0.15, 0.2) is 0 Å². The maximum Gasteiger partial charge on any atom is 0.0207 e. The van der Waals surface area contributed by atoms with E-state index in [4.69, 9.17) is 0 Å². The van der Waals surface area contributed by atoms with Crippen molar-refractivity contribution >= 4 is 0 Å². The largest absolute Gasteiger partial charge is 0.315 e. The monoisotopic (exact) mass is 244 g/mol. The van der Waals surface area contributed by atoms with E-state index in [9.17, 15) is 0 Å². The summed E-state index contributed by atoms with van der Waals surface area (Å²) in [7, 11) is 0. The summed E-state index contributed by atoms with van der Waals surface area (Å²) >= 11 is 0. The van der Waals surface area contributed by atoms with Crippen molar-refractivity contribution in [2.24, 2.45) is 0 Å². The third kappa shape index (κ3) is 2.93. The predicted molar refractivity (Wildman–Crippen MR) is 75.8 cm³/mol. The fourth-order valence-electron chi connectivity index (χ4n) is 3.45. The molecular weight excluding hydrogens is 220 g/mol. The van der Waals surface area contributed by atoms with E-state index in [1.807, 2.05) is 0 Å². The molecule has 1 aromatic carbocycles. The summed E-state index contributed by atoms with van der Waals surface area (Å²) in [5, 5.41) is 7.26. The van der Waals surface area contributed by atoms with Crippen LogP contribution in [0.15, 0.2) is 30.3 Å². The second kappa shape index (κ2) is 5.85. The lowest BCUT2D eigenvalue weighted by Gasteiger charge is -2.31. The Balaban J connectivity index is 1.49. The summed E-state index contributed by atoms with van der Waals surface area (Å²) in [4.78, 5) is 0. The molecule has 0 bridgehead atoms. The molecule has 0 radical (unpaired) electrons. The molecule has 2 aliphatic rings. The van der Waals surface area contributed by atoms with Gasteiger partial charge in [-0.25, -0.2) is 0 Å². The van der Waals surface area contributed by atoms with Crippen molar-refractivity contribution in [3.8, 4) is 0 Å². The molecule has 2 fully saturated rings. The Morgan fingerprint density at radius 2 is 1.67 bits per heavy atom. The molecule has 2 N–H and O–H groups in total. The average molecular weight is 244 g/mol. The van der Waals surface area contributed by atoms with Crippen molar-refractivity contribution in [2.75, 3.05) is 13.1 Å². The van der Waals surface area contributed by atoms with E-state index in [2.05, 4.69) is 41.0 Å². The van der Waals surface area contributed by atoms with Crippen LogP contribution in [0.2, 0.25) is 0 Å². The first-order valence-corrected chi connectivity index (χ1v) is 7.43. The molecule has 2 heteroatoms. The summed E-state index contributed by atoms with van der Waals surface area (Å²) in [6, 6.07) is 12.5. The van der Waals surface area contributed by atoms with Crippen LogP contribution < -0.4 is 10.6 Å². The van der Waals surface area contributed by atoms with Gasteiger partial charge in [-0.05, 0) is 50.1 Å². The van der Waals surface area contributed by atoms with Gasteiger partial charge in [0, 0.05) is 18.6 Å². The zero-order chi connectivity index (χ0) is 12.2. The molecule has 1 aliphatic heterocycles. The molecule has 1 aromatic rings. The molecule has 1 saturated heterocycles. The van der Waals surface area contributed by atoms with Crippen molar-refractivity contribution in [1.82, 2.24) is 10.6 Å². The Labute approximate surface area is 110 Å². The molecule has 18 heavy (non-hydrogen) atoms. The summed E-state index contributed by atoms with van der Waals surface area (Å²) in [6.45, 7) is 2.36. The Hall–Kier alpha value is -0.860. The highest BCUT2D eigenvalue weighted by atomic mass is 15.0. The first-order chi connectivity index (χ1) is 8.92. The fraction of sp³-hybridized carbons (Fsp3) is 0.625. The van der Waals surface area contributed by atoms with E-state index < -0.39 is 0 Å². The van der Waals surface area contributed by atoms with Gasteiger partial charge in [0.2, 0.25) is 0 Å². The van der Waals surface area contributed by atoms with Crippen molar-refractivity contribution in [2.45, 2.75) is 50.1 Å². The molecule has 0 aromatic heterocycles. The molecule has 3 rings (SSSR count). The van der Waals surface area contributed by atoms with Crippen molar-refractivity contribution < 1.29 is 0 Å². The van der Waals surface area contributed by atoms with Crippen molar-refractivity contribution in [3.63, 3.8) is 0 Å². The van der Waals surface area contributed by atoms with Crippen LogP contribution in [0, 0.1) is 0 Å². The smallest absolute Gasteiger partial charge is 0.0207 e. The minimum absolute atomic E-state index is 0.725. The minimum Gasteiger partial charge on any atom is -0.315 e. The Morgan fingerprint density at radius 3 is 2.33 bits per heavy atom. The van der Waals surface area contributed by atoms with E-state index in [0.717, 1.165) is 18.0 Å². The first kappa shape index (κ1) is 12.2. The molecule has 98 valence electrons. The van der Waals surface area contributed by atoms with E-state index in [1.165, 1.54) is 45.2 Å². The molecular formula is C16H24N2. The van der Waals surface area contributed by atoms with E-state index in [1.54, 1.807) is 5.56 Å². The van der Waals surface area contributed by atoms with Crippen LogP contribution in [0.1, 0.15) is 43.6 Å². The van der Waals surface area contributed by atoms with Crippen LogP contribution in [0.4, 0.5) is 0 Å². The average Bonchev–Trinajstić information content (AvgIpc) is 2.94. The number of rotatable bonds is 3. The van der Waals surface area contributed by atoms with Gasteiger partial charge in [-0.2, -0.15) is 0 Å². The van der Waals surface area contributed by atoms with Crippen LogP contribution in [-0.2, 0) is 0 Å². The lowest BCUT2D eigenvalue weighted by molar-refractivity contribution is 0.319. The summed E-state index contributed by atoms with van der Waals surface area (Å²) in [5.41, 5.74) is 1.54. The molecule has 1 unspecified atom stereocenters. The van der Waals surface area contributed by atoms with Gasteiger partial charge in [-0.15, -0.1) is 0 Å². The number of hydrogen-bond acceptors (Lipinski definition) is 2. The lowest BCUT2D eigenvalue weighted by Crippen LogP contribution is -2.41. The summed E-state index contributed by atoms with van der Waals surface area (Å²) in [5.74, 6) is 0.797. The van der Waals surface area contributed by atoms with E-state index in [0.29, 0.717) is 0 Å². The normalized spacial score (nSPS) is 32.6. The van der Waals surface area contributed by atoms with Crippen molar-refractivity contribution in [3.05, 3.63) is 35.9 Å². The SMILES string of the molecule is c1ccc(C2CCC(NC3CCNC3)CC2)cc1.